The van der Waals surface area contributed by atoms with Crippen LogP contribution in [0, 0.1) is 0 Å². The van der Waals surface area contributed by atoms with Crippen LogP contribution < -0.4 is 10.2 Å². The van der Waals surface area contributed by atoms with Crippen molar-refractivity contribution in [2.75, 3.05) is 36.4 Å². The van der Waals surface area contributed by atoms with E-state index in [1.165, 1.54) is 6.26 Å². The van der Waals surface area contributed by atoms with Gasteiger partial charge in [-0.15, -0.1) is 5.10 Å². The monoisotopic (exact) mass is 364 g/mol. The molecule has 4 rings (SSSR count). The van der Waals surface area contributed by atoms with Crippen LogP contribution in [0.25, 0.3) is 0 Å². The van der Waals surface area contributed by atoms with Crippen LogP contribution in [-0.4, -0.2) is 52.2 Å². The summed E-state index contributed by atoms with van der Waals surface area (Å²) >= 11 is 0. The van der Waals surface area contributed by atoms with E-state index in [9.17, 15) is 4.79 Å². The molecule has 2 aromatic heterocycles. The molecule has 1 amide bonds. The Hall–Kier alpha value is -3.42. The van der Waals surface area contributed by atoms with Crippen LogP contribution >= 0.6 is 0 Å². The molecular weight excluding hydrogens is 344 g/mol. The average molecular weight is 364 g/mol. The standard InChI is InChI=1S/C19H20N6O2/c26-18(16-7-4-12-27-16)25-10-8-24(9-11-25)17-14-21-23-19(22-17)20-13-15-5-2-1-3-6-15/h1-7,12,14H,8-11,13H2,(H,20,22,23). The van der Waals surface area contributed by atoms with Crippen molar-refractivity contribution in [3.05, 3.63) is 66.2 Å². The van der Waals surface area contributed by atoms with Crippen LogP contribution in [-0.2, 0) is 6.54 Å². The number of carbonyl (C=O) groups is 1. The molecule has 138 valence electrons. The van der Waals surface area contributed by atoms with Gasteiger partial charge in [-0.1, -0.05) is 30.3 Å². The lowest BCUT2D eigenvalue weighted by atomic mass is 10.2. The van der Waals surface area contributed by atoms with Gasteiger partial charge in [-0.25, -0.2) is 0 Å². The van der Waals surface area contributed by atoms with E-state index >= 15 is 0 Å². The van der Waals surface area contributed by atoms with Crippen molar-refractivity contribution in [3.63, 3.8) is 0 Å². The molecule has 0 radical (unpaired) electrons. The highest BCUT2D eigenvalue weighted by Gasteiger charge is 2.24. The lowest BCUT2D eigenvalue weighted by Gasteiger charge is -2.34. The van der Waals surface area contributed by atoms with E-state index in [0.717, 1.165) is 11.4 Å². The van der Waals surface area contributed by atoms with Gasteiger partial charge in [-0.3, -0.25) is 4.79 Å². The molecule has 3 aromatic rings. The highest BCUT2D eigenvalue weighted by molar-refractivity contribution is 5.91. The molecule has 8 heteroatoms. The Morgan fingerprint density at radius 1 is 1.07 bits per heavy atom. The molecule has 0 spiro atoms. The summed E-state index contributed by atoms with van der Waals surface area (Å²) in [7, 11) is 0. The number of anilines is 2. The minimum absolute atomic E-state index is 0.0781. The number of carbonyl (C=O) groups excluding carboxylic acids is 1. The zero-order valence-electron chi connectivity index (χ0n) is 14.8. The molecule has 0 atom stereocenters. The Labute approximate surface area is 156 Å². The predicted molar refractivity (Wildman–Crippen MR) is 100 cm³/mol. The van der Waals surface area contributed by atoms with Crippen molar-refractivity contribution in [1.82, 2.24) is 20.1 Å². The lowest BCUT2D eigenvalue weighted by Crippen LogP contribution is -2.49. The molecule has 3 heterocycles. The Bertz CT molecular complexity index is 876. The summed E-state index contributed by atoms with van der Waals surface area (Å²) in [4.78, 5) is 20.8. The smallest absolute Gasteiger partial charge is 0.289 e. The Morgan fingerprint density at radius 2 is 1.89 bits per heavy atom. The van der Waals surface area contributed by atoms with E-state index in [-0.39, 0.29) is 5.91 Å². The zero-order chi connectivity index (χ0) is 18.5. The summed E-state index contributed by atoms with van der Waals surface area (Å²) < 4.78 is 5.20. The van der Waals surface area contributed by atoms with E-state index in [1.54, 1.807) is 23.2 Å². The van der Waals surface area contributed by atoms with E-state index in [0.29, 0.717) is 44.4 Å². The number of nitrogens with zero attached hydrogens (tertiary/aromatic N) is 5. The predicted octanol–water partition coefficient (Wildman–Crippen LogP) is 2.04. The van der Waals surface area contributed by atoms with Gasteiger partial charge in [0.1, 0.15) is 0 Å². The average Bonchev–Trinajstić information content (AvgIpc) is 3.28. The van der Waals surface area contributed by atoms with E-state index in [4.69, 9.17) is 4.42 Å². The normalized spacial score (nSPS) is 14.2. The van der Waals surface area contributed by atoms with Crippen LogP contribution in [0.4, 0.5) is 11.8 Å². The van der Waals surface area contributed by atoms with Crippen molar-refractivity contribution in [2.45, 2.75) is 6.54 Å². The van der Waals surface area contributed by atoms with Crippen LogP contribution in [0.5, 0.6) is 0 Å². The fourth-order valence-electron chi connectivity index (χ4n) is 2.99. The summed E-state index contributed by atoms with van der Waals surface area (Å²) in [6, 6.07) is 13.5. The number of furan rings is 1. The molecule has 1 fully saturated rings. The van der Waals surface area contributed by atoms with Crippen molar-refractivity contribution in [1.29, 1.82) is 0 Å². The molecule has 8 nitrogen and oxygen atoms in total. The summed E-state index contributed by atoms with van der Waals surface area (Å²) in [6.45, 7) is 3.22. The third-order valence-corrected chi connectivity index (χ3v) is 4.46. The zero-order valence-corrected chi connectivity index (χ0v) is 14.8. The number of piperazine rings is 1. The van der Waals surface area contributed by atoms with Crippen molar-refractivity contribution < 1.29 is 9.21 Å². The highest BCUT2D eigenvalue weighted by Crippen LogP contribution is 2.16. The quantitative estimate of drug-likeness (QED) is 0.741. The van der Waals surface area contributed by atoms with Crippen molar-refractivity contribution in [3.8, 4) is 0 Å². The van der Waals surface area contributed by atoms with Gasteiger partial charge in [0, 0.05) is 32.7 Å². The van der Waals surface area contributed by atoms with Gasteiger partial charge in [0.05, 0.1) is 12.5 Å². The molecule has 0 saturated carbocycles. The van der Waals surface area contributed by atoms with E-state index in [2.05, 4.69) is 25.4 Å². The molecule has 1 saturated heterocycles. The SMILES string of the molecule is O=C(c1ccco1)N1CCN(c2cnnc(NCc3ccccc3)n2)CC1. The van der Waals surface area contributed by atoms with E-state index in [1.807, 2.05) is 30.3 Å². The fourth-order valence-corrected chi connectivity index (χ4v) is 2.99. The van der Waals surface area contributed by atoms with Crippen LogP contribution in [0.2, 0.25) is 0 Å². The number of benzene rings is 1. The van der Waals surface area contributed by atoms with Crippen LogP contribution in [0.1, 0.15) is 16.1 Å². The van der Waals surface area contributed by atoms with Crippen LogP contribution in [0.15, 0.2) is 59.3 Å². The number of hydrogen-bond donors (Lipinski definition) is 1. The Balaban J connectivity index is 1.35. The molecule has 1 N–H and O–H groups in total. The second kappa shape index (κ2) is 7.86. The molecule has 0 unspecified atom stereocenters. The maximum atomic E-state index is 12.3. The molecule has 0 bridgehead atoms. The van der Waals surface area contributed by atoms with Gasteiger partial charge in [0.25, 0.3) is 5.91 Å². The van der Waals surface area contributed by atoms with Gasteiger partial charge in [-0.05, 0) is 17.7 Å². The summed E-state index contributed by atoms with van der Waals surface area (Å²) in [5.74, 6) is 1.54. The van der Waals surface area contributed by atoms with Gasteiger partial charge in [-0.2, -0.15) is 10.1 Å². The molecular formula is C19H20N6O2. The Kier molecular flexibility index (Phi) is 4.95. The molecule has 1 aromatic carbocycles. The number of hydrogen-bond acceptors (Lipinski definition) is 7. The van der Waals surface area contributed by atoms with Gasteiger partial charge < -0.3 is 19.5 Å². The number of nitrogens with one attached hydrogen (secondary N) is 1. The van der Waals surface area contributed by atoms with Gasteiger partial charge in [0.2, 0.25) is 5.95 Å². The number of rotatable bonds is 5. The van der Waals surface area contributed by atoms with Crippen molar-refractivity contribution >= 4 is 17.7 Å². The minimum atomic E-state index is -0.0781. The molecule has 0 aliphatic carbocycles. The fraction of sp³-hybridized carbons (Fsp3) is 0.263. The summed E-state index contributed by atoms with van der Waals surface area (Å²) in [5, 5.41) is 11.3. The third-order valence-electron chi connectivity index (χ3n) is 4.46. The third kappa shape index (κ3) is 4.05. The first-order valence-corrected chi connectivity index (χ1v) is 8.85. The number of amides is 1. The van der Waals surface area contributed by atoms with Gasteiger partial charge >= 0.3 is 0 Å². The van der Waals surface area contributed by atoms with Crippen LogP contribution in [0.3, 0.4) is 0 Å². The summed E-state index contributed by atoms with van der Waals surface area (Å²) in [5.41, 5.74) is 1.15. The largest absolute Gasteiger partial charge is 0.459 e. The topological polar surface area (TPSA) is 87.4 Å². The highest BCUT2D eigenvalue weighted by atomic mass is 16.3. The molecule has 1 aliphatic rings. The second-order valence-electron chi connectivity index (χ2n) is 6.23. The van der Waals surface area contributed by atoms with E-state index < -0.39 is 0 Å². The minimum Gasteiger partial charge on any atom is -0.459 e. The first-order chi connectivity index (χ1) is 13.3. The molecule has 1 aliphatic heterocycles. The Morgan fingerprint density at radius 3 is 2.63 bits per heavy atom. The van der Waals surface area contributed by atoms with Crippen molar-refractivity contribution in [2.24, 2.45) is 0 Å². The number of aromatic nitrogens is 3. The lowest BCUT2D eigenvalue weighted by molar-refractivity contribution is 0.0714. The second-order valence-corrected chi connectivity index (χ2v) is 6.23. The first kappa shape index (κ1) is 17.0. The summed E-state index contributed by atoms with van der Waals surface area (Å²) in [6.07, 6.45) is 3.16. The van der Waals surface area contributed by atoms with Gasteiger partial charge in [0.15, 0.2) is 11.6 Å². The first-order valence-electron chi connectivity index (χ1n) is 8.85. The maximum absolute atomic E-state index is 12.3. The maximum Gasteiger partial charge on any atom is 0.289 e. The molecule has 27 heavy (non-hydrogen) atoms.